The van der Waals surface area contributed by atoms with Gasteiger partial charge in [0.05, 0.1) is 31.5 Å². The zero-order valence-electron chi connectivity index (χ0n) is 12.6. The molecule has 1 heterocycles. The van der Waals surface area contributed by atoms with Crippen LogP contribution in [0.1, 0.15) is 16.1 Å². The number of benzene rings is 2. The molecule has 25 heavy (non-hydrogen) atoms. The fraction of sp³-hybridized carbons (Fsp3) is 0. The third-order valence-electron chi connectivity index (χ3n) is 3.43. The molecule has 0 fully saturated rings. The lowest BCUT2D eigenvalue weighted by molar-refractivity contribution is 0.104. The first kappa shape index (κ1) is 18.0. The van der Waals surface area contributed by atoms with Crippen LogP contribution in [0.25, 0.3) is 17.3 Å². The van der Waals surface area contributed by atoms with Crippen LogP contribution in [-0.2, 0) is 0 Å². The van der Waals surface area contributed by atoms with Crippen LogP contribution in [-0.4, -0.2) is 16.0 Å². The molecule has 7 heteroatoms. The van der Waals surface area contributed by atoms with E-state index in [1.807, 2.05) is 6.07 Å². The third-order valence-corrected chi connectivity index (χ3v) is 4.91. The predicted octanol–water partition coefficient (Wildman–Crippen LogP) is 6.59. The van der Waals surface area contributed by atoms with E-state index in [2.05, 4.69) is 10.2 Å². The summed E-state index contributed by atoms with van der Waals surface area (Å²) < 4.78 is 0. The number of hydrogen-bond acceptors (Lipinski definition) is 2. The van der Waals surface area contributed by atoms with Gasteiger partial charge in [0, 0.05) is 11.1 Å². The van der Waals surface area contributed by atoms with Gasteiger partial charge in [-0.1, -0.05) is 52.5 Å². The number of rotatable bonds is 4. The van der Waals surface area contributed by atoms with E-state index in [9.17, 15) is 4.79 Å². The molecular weight excluding hydrogens is 402 g/mol. The fourth-order valence-corrected chi connectivity index (χ4v) is 2.73. The van der Waals surface area contributed by atoms with Crippen molar-refractivity contribution in [3.8, 4) is 11.3 Å². The summed E-state index contributed by atoms with van der Waals surface area (Å²) in [6, 6.07) is 11.8. The van der Waals surface area contributed by atoms with E-state index < -0.39 is 0 Å². The lowest BCUT2D eigenvalue weighted by Gasteiger charge is -1.99. The molecule has 3 aromatic rings. The van der Waals surface area contributed by atoms with Crippen molar-refractivity contribution in [3.05, 3.63) is 79.9 Å². The number of carbonyl (C=O) groups is 1. The number of halogens is 4. The molecule has 3 rings (SSSR count). The number of ketones is 1. The summed E-state index contributed by atoms with van der Waals surface area (Å²) in [5.74, 6) is -0.191. The molecule has 0 spiro atoms. The van der Waals surface area contributed by atoms with Crippen LogP contribution in [0.3, 0.4) is 0 Å². The summed E-state index contributed by atoms with van der Waals surface area (Å²) in [6.07, 6.45) is 3.07. The number of hydrogen-bond donors (Lipinski definition) is 1. The average Bonchev–Trinajstić information content (AvgIpc) is 3.06. The van der Waals surface area contributed by atoms with Gasteiger partial charge in [0.2, 0.25) is 0 Å². The van der Waals surface area contributed by atoms with E-state index in [4.69, 9.17) is 46.4 Å². The lowest BCUT2D eigenvalue weighted by atomic mass is 10.1. The van der Waals surface area contributed by atoms with Crippen molar-refractivity contribution in [1.29, 1.82) is 0 Å². The van der Waals surface area contributed by atoms with Crippen molar-refractivity contribution in [3.63, 3.8) is 0 Å². The van der Waals surface area contributed by atoms with Crippen molar-refractivity contribution < 1.29 is 4.79 Å². The molecule has 0 aliphatic rings. The average molecular weight is 412 g/mol. The van der Waals surface area contributed by atoms with E-state index in [1.54, 1.807) is 36.4 Å². The molecule has 0 aliphatic heterocycles. The standard InChI is InChI=1S/C18H10Cl4N2O/c19-13-4-1-10(7-15(13)21)17-9-12(23-24-17)3-6-18(25)11-2-5-14(20)16(22)8-11/h1-9H,(H,23,24)/b6-3+. The molecule has 1 aromatic heterocycles. The molecule has 0 saturated heterocycles. The number of allylic oxidation sites excluding steroid dienone is 1. The number of nitrogens with zero attached hydrogens (tertiary/aromatic N) is 1. The minimum Gasteiger partial charge on any atom is -0.289 e. The van der Waals surface area contributed by atoms with Gasteiger partial charge in [-0.05, 0) is 48.6 Å². The number of aromatic amines is 1. The molecule has 0 radical (unpaired) electrons. The fourth-order valence-electron chi connectivity index (χ4n) is 2.14. The molecule has 0 aliphatic carbocycles. The quantitative estimate of drug-likeness (QED) is 0.389. The smallest absolute Gasteiger partial charge is 0.185 e. The highest BCUT2D eigenvalue weighted by Crippen LogP contribution is 2.28. The number of carbonyl (C=O) groups excluding carboxylic acids is 1. The highest BCUT2D eigenvalue weighted by molar-refractivity contribution is 6.42. The Morgan fingerprint density at radius 3 is 2.24 bits per heavy atom. The Morgan fingerprint density at radius 1 is 0.880 bits per heavy atom. The van der Waals surface area contributed by atoms with Gasteiger partial charge in [-0.2, -0.15) is 5.10 Å². The maximum absolute atomic E-state index is 12.2. The van der Waals surface area contributed by atoms with Crippen molar-refractivity contribution in [2.24, 2.45) is 0 Å². The summed E-state index contributed by atoms with van der Waals surface area (Å²) >= 11 is 23.7. The van der Waals surface area contributed by atoms with Crippen molar-refractivity contribution in [1.82, 2.24) is 10.2 Å². The molecule has 2 aromatic carbocycles. The van der Waals surface area contributed by atoms with Crippen LogP contribution < -0.4 is 0 Å². The molecule has 3 nitrogen and oxygen atoms in total. The summed E-state index contributed by atoms with van der Waals surface area (Å²) in [5, 5.41) is 8.73. The molecule has 0 saturated carbocycles. The van der Waals surface area contributed by atoms with Crippen LogP contribution >= 0.6 is 46.4 Å². The SMILES string of the molecule is O=C(/C=C/c1cc(-c2ccc(Cl)c(Cl)c2)n[nH]1)c1ccc(Cl)c(Cl)c1. The van der Waals surface area contributed by atoms with Gasteiger partial charge in [0.25, 0.3) is 0 Å². The Labute approximate surface area is 164 Å². The zero-order valence-corrected chi connectivity index (χ0v) is 15.6. The Bertz CT molecular complexity index is 979. The second-order valence-corrected chi connectivity index (χ2v) is 6.79. The summed E-state index contributed by atoms with van der Waals surface area (Å²) in [4.78, 5) is 12.2. The van der Waals surface area contributed by atoms with Gasteiger partial charge >= 0.3 is 0 Å². The van der Waals surface area contributed by atoms with Crippen molar-refractivity contribution in [2.45, 2.75) is 0 Å². The number of nitrogens with one attached hydrogen (secondary N) is 1. The van der Waals surface area contributed by atoms with Crippen LogP contribution in [0.2, 0.25) is 20.1 Å². The molecule has 1 N–H and O–H groups in total. The first-order valence-electron chi connectivity index (χ1n) is 7.12. The third kappa shape index (κ3) is 4.25. The van der Waals surface area contributed by atoms with Gasteiger partial charge in [-0.3, -0.25) is 9.89 Å². The molecule has 0 atom stereocenters. The Morgan fingerprint density at radius 2 is 1.56 bits per heavy atom. The largest absolute Gasteiger partial charge is 0.289 e. The minimum atomic E-state index is -0.191. The van der Waals surface area contributed by atoms with Crippen LogP contribution in [0.4, 0.5) is 0 Å². The monoisotopic (exact) mass is 410 g/mol. The van der Waals surface area contributed by atoms with Crippen LogP contribution in [0.5, 0.6) is 0 Å². The topological polar surface area (TPSA) is 45.8 Å². The van der Waals surface area contributed by atoms with Crippen LogP contribution in [0, 0.1) is 0 Å². The number of aromatic nitrogens is 2. The minimum absolute atomic E-state index is 0.191. The highest BCUT2D eigenvalue weighted by Gasteiger charge is 2.07. The number of H-pyrrole nitrogens is 1. The van der Waals surface area contributed by atoms with E-state index in [0.29, 0.717) is 37.0 Å². The summed E-state index contributed by atoms with van der Waals surface area (Å²) in [5.41, 5.74) is 2.64. The second-order valence-electron chi connectivity index (χ2n) is 5.16. The van der Waals surface area contributed by atoms with E-state index in [-0.39, 0.29) is 5.78 Å². The lowest BCUT2D eigenvalue weighted by Crippen LogP contribution is -1.93. The van der Waals surface area contributed by atoms with E-state index >= 15 is 0 Å². The van der Waals surface area contributed by atoms with Gasteiger partial charge in [-0.15, -0.1) is 0 Å². The summed E-state index contributed by atoms with van der Waals surface area (Å²) in [7, 11) is 0. The Balaban J connectivity index is 1.78. The maximum Gasteiger partial charge on any atom is 0.185 e. The highest BCUT2D eigenvalue weighted by atomic mass is 35.5. The zero-order chi connectivity index (χ0) is 18.0. The predicted molar refractivity (Wildman–Crippen MR) is 104 cm³/mol. The van der Waals surface area contributed by atoms with Gasteiger partial charge in [0.1, 0.15) is 0 Å². The molecular formula is C18H10Cl4N2O. The van der Waals surface area contributed by atoms with Gasteiger partial charge < -0.3 is 0 Å². The molecule has 0 amide bonds. The molecule has 0 bridgehead atoms. The first-order chi connectivity index (χ1) is 11.9. The van der Waals surface area contributed by atoms with E-state index in [0.717, 1.165) is 5.56 Å². The van der Waals surface area contributed by atoms with Gasteiger partial charge in [0.15, 0.2) is 5.78 Å². The van der Waals surface area contributed by atoms with Crippen molar-refractivity contribution in [2.75, 3.05) is 0 Å². The Kier molecular flexibility index (Phi) is 5.50. The molecule has 0 unspecified atom stereocenters. The molecule has 126 valence electrons. The van der Waals surface area contributed by atoms with Gasteiger partial charge in [-0.25, -0.2) is 0 Å². The van der Waals surface area contributed by atoms with Crippen LogP contribution in [0.15, 0.2) is 48.5 Å². The first-order valence-corrected chi connectivity index (χ1v) is 8.63. The Hall–Kier alpha value is -1.78. The maximum atomic E-state index is 12.2. The second kappa shape index (κ2) is 7.63. The van der Waals surface area contributed by atoms with E-state index in [1.165, 1.54) is 12.1 Å². The summed E-state index contributed by atoms with van der Waals surface area (Å²) in [6.45, 7) is 0. The van der Waals surface area contributed by atoms with Crippen molar-refractivity contribution >= 4 is 58.3 Å². The normalized spacial score (nSPS) is 11.2.